The van der Waals surface area contributed by atoms with Crippen LogP contribution in [-0.4, -0.2) is 16.8 Å². The minimum atomic E-state index is -1.77. The van der Waals surface area contributed by atoms with Gasteiger partial charge in [-0.05, 0) is 49.2 Å². The van der Waals surface area contributed by atoms with Gasteiger partial charge in [0.25, 0.3) is 5.91 Å². The van der Waals surface area contributed by atoms with Crippen LogP contribution in [0.5, 0.6) is 0 Å². The highest BCUT2D eigenvalue weighted by molar-refractivity contribution is 6.07. The highest BCUT2D eigenvalue weighted by atomic mass is 19.1. The average molecular weight is 398 g/mol. The zero-order valence-corrected chi connectivity index (χ0v) is 15.6. The standard InChI is InChI=1S/C21H16F2N2O4/c1-11-3-5-14-12(8-18(26)29-17(14)7-11)10-25-19(27)21(2,24-20(25)28)15-9-13(22)4-6-16(15)23/h3-9H,10H2,1-2H3,(H,24,28). The summed E-state index contributed by atoms with van der Waals surface area (Å²) in [6.07, 6.45) is 0. The van der Waals surface area contributed by atoms with Crippen molar-refractivity contribution in [3.63, 3.8) is 0 Å². The van der Waals surface area contributed by atoms with Gasteiger partial charge in [-0.3, -0.25) is 9.69 Å². The molecule has 1 saturated heterocycles. The van der Waals surface area contributed by atoms with Gasteiger partial charge in [0.1, 0.15) is 22.8 Å². The molecule has 0 saturated carbocycles. The van der Waals surface area contributed by atoms with Crippen molar-refractivity contribution in [2.45, 2.75) is 25.9 Å². The Balaban J connectivity index is 1.75. The summed E-state index contributed by atoms with van der Waals surface area (Å²) in [5.41, 5.74) is -1.05. The van der Waals surface area contributed by atoms with Crippen LogP contribution in [0.3, 0.4) is 0 Å². The number of rotatable bonds is 3. The molecule has 1 N–H and O–H groups in total. The highest BCUT2D eigenvalue weighted by Gasteiger charge is 2.50. The number of amides is 3. The largest absolute Gasteiger partial charge is 0.423 e. The molecule has 3 amide bonds. The van der Waals surface area contributed by atoms with Crippen LogP contribution in [0, 0.1) is 18.6 Å². The number of hydrogen-bond acceptors (Lipinski definition) is 4. The molecule has 1 atom stereocenters. The van der Waals surface area contributed by atoms with Gasteiger partial charge in [0, 0.05) is 17.0 Å². The second-order valence-corrected chi connectivity index (χ2v) is 7.16. The van der Waals surface area contributed by atoms with E-state index >= 15 is 0 Å². The fourth-order valence-corrected chi connectivity index (χ4v) is 3.54. The molecular weight excluding hydrogens is 382 g/mol. The van der Waals surface area contributed by atoms with Gasteiger partial charge in [0.05, 0.1) is 6.54 Å². The summed E-state index contributed by atoms with van der Waals surface area (Å²) in [6, 6.07) is 8.36. The Morgan fingerprint density at radius 1 is 1.07 bits per heavy atom. The highest BCUT2D eigenvalue weighted by Crippen LogP contribution is 2.32. The number of urea groups is 1. The van der Waals surface area contributed by atoms with Crippen LogP contribution in [0.25, 0.3) is 11.0 Å². The van der Waals surface area contributed by atoms with E-state index in [1.165, 1.54) is 13.0 Å². The quantitative estimate of drug-likeness (QED) is 0.542. The van der Waals surface area contributed by atoms with Crippen molar-refractivity contribution in [2.24, 2.45) is 0 Å². The topological polar surface area (TPSA) is 79.6 Å². The van der Waals surface area contributed by atoms with E-state index in [1.807, 2.05) is 13.0 Å². The van der Waals surface area contributed by atoms with Gasteiger partial charge in [-0.15, -0.1) is 0 Å². The van der Waals surface area contributed by atoms with Crippen molar-refractivity contribution in [3.05, 3.63) is 81.2 Å². The van der Waals surface area contributed by atoms with E-state index in [2.05, 4.69) is 5.32 Å². The zero-order valence-electron chi connectivity index (χ0n) is 15.6. The lowest BCUT2D eigenvalue weighted by Gasteiger charge is -2.23. The van der Waals surface area contributed by atoms with Crippen LogP contribution in [0.2, 0.25) is 0 Å². The van der Waals surface area contributed by atoms with Gasteiger partial charge in [0.2, 0.25) is 0 Å². The number of carbonyl (C=O) groups is 2. The monoisotopic (exact) mass is 398 g/mol. The van der Waals surface area contributed by atoms with E-state index in [0.717, 1.165) is 28.7 Å². The lowest BCUT2D eigenvalue weighted by Crippen LogP contribution is -2.41. The number of fused-ring (bicyclic) bond motifs is 1. The summed E-state index contributed by atoms with van der Waals surface area (Å²) >= 11 is 0. The van der Waals surface area contributed by atoms with Crippen LogP contribution < -0.4 is 10.9 Å². The van der Waals surface area contributed by atoms with Gasteiger partial charge < -0.3 is 9.73 Å². The molecule has 0 bridgehead atoms. The van der Waals surface area contributed by atoms with Crippen LogP contribution in [0.15, 0.2) is 51.7 Å². The van der Waals surface area contributed by atoms with E-state index in [0.29, 0.717) is 16.5 Å². The van der Waals surface area contributed by atoms with Crippen LogP contribution in [0.1, 0.15) is 23.6 Å². The Morgan fingerprint density at radius 2 is 1.83 bits per heavy atom. The van der Waals surface area contributed by atoms with Gasteiger partial charge >= 0.3 is 11.7 Å². The fourth-order valence-electron chi connectivity index (χ4n) is 3.54. The summed E-state index contributed by atoms with van der Waals surface area (Å²) < 4.78 is 33.1. The second-order valence-electron chi connectivity index (χ2n) is 7.16. The van der Waals surface area contributed by atoms with Gasteiger partial charge in [-0.1, -0.05) is 12.1 Å². The Morgan fingerprint density at radius 3 is 2.59 bits per heavy atom. The minimum absolute atomic E-state index is 0.220. The van der Waals surface area contributed by atoms with Crippen LogP contribution in [0.4, 0.5) is 13.6 Å². The fraction of sp³-hybridized carbons (Fsp3) is 0.190. The predicted molar refractivity (Wildman–Crippen MR) is 100 cm³/mol. The Bertz CT molecular complexity index is 1240. The normalized spacial score (nSPS) is 19.1. The molecule has 1 unspecified atom stereocenters. The number of benzene rings is 2. The van der Waals surface area contributed by atoms with E-state index in [-0.39, 0.29) is 12.1 Å². The third-order valence-electron chi connectivity index (χ3n) is 5.06. The maximum absolute atomic E-state index is 14.3. The predicted octanol–water partition coefficient (Wildman–Crippen LogP) is 3.35. The van der Waals surface area contributed by atoms with Gasteiger partial charge in [-0.2, -0.15) is 0 Å². The first kappa shape index (κ1) is 18.8. The van der Waals surface area contributed by atoms with E-state index in [1.54, 1.807) is 12.1 Å². The van der Waals surface area contributed by atoms with Gasteiger partial charge in [0.15, 0.2) is 0 Å². The summed E-state index contributed by atoms with van der Waals surface area (Å²) in [5, 5.41) is 3.01. The molecule has 2 aromatic carbocycles. The molecule has 1 fully saturated rings. The Hall–Kier alpha value is -3.55. The van der Waals surface area contributed by atoms with Crippen molar-refractivity contribution in [2.75, 3.05) is 0 Å². The molecule has 4 rings (SSSR count). The number of aryl methyl sites for hydroxylation is 1. The van der Waals surface area contributed by atoms with Crippen LogP contribution in [-0.2, 0) is 16.9 Å². The van der Waals surface area contributed by atoms with Crippen molar-refractivity contribution < 1.29 is 22.8 Å². The molecule has 1 aromatic heterocycles. The maximum Gasteiger partial charge on any atom is 0.336 e. The number of hydrogen-bond donors (Lipinski definition) is 1. The number of nitrogens with zero attached hydrogens (tertiary/aromatic N) is 1. The number of nitrogens with one attached hydrogen (secondary N) is 1. The molecule has 8 heteroatoms. The smallest absolute Gasteiger partial charge is 0.336 e. The van der Waals surface area contributed by atoms with Crippen molar-refractivity contribution in [1.29, 1.82) is 0 Å². The van der Waals surface area contributed by atoms with Gasteiger partial charge in [-0.25, -0.2) is 18.4 Å². The SMILES string of the molecule is Cc1ccc2c(CN3C(=O)NC(C)(c4cc(F)ccc4F)C3=O)cc(=O)oc2c1. The Labute approximate surface area is 163 Å². The molecule has 6 nitrogen and oxygen atoms in total. The number of halogens is 2. The van der Waals surface area contributed by atoms with Crippen molar-refractivity contribution in [3.8, 4) is 0 Å². The molecule has 1 aliphatic rings. The molecule has 1 aliphatic heterocycles. The molecule has 0 radical (unpaired) electrons. The average Bonchev–Trinajstić information content (AvgIpc) is 2.87. The molecule has 3 aromatic rings. The minimum Gasteiger partial charge on any atom is -0.423 e. The van der Waals surface area contributed by atoms with Crippen LogP contribution >= 0.6 is 0 Å². The molecule has 0 spiro atoms. The third kappa shape index (κ3) is 3.06. The molecule has 2 heterocycles. The second kappa shape index (κ2) is 6.51. The summed E-state index contributed by atoms with van der Waals surface area (Å²) in [7, 11) is 0. The maximum atomic E-state index is 14.3. The summed E-state index contributed by atoms with van der Waals surface area (Å²) in [6.45, 7) is 2.93. The van der Waals surface area contributed by atoms with E-state index < -0.39 is 34.7 Å². The molecular formula is C21H16F2N2O4. The lowest BCUT2D eigenvalue weighted by molar-refractivity contribution is -0.131. The summed E-state index contributed by atoms with van der Waals surface area (Å²) in [5.74, 6) is -2.30. The lowest BCUT2D eigenvalue weighted by atomic mass is 9.91. The Kier molecular flexibility index (Phi) is 4.22. The zero-order chi connectivity index (χ0) is 20.9. The molecule has 0 aliphatic carbocycles. The first-order chi connectivity index (χ1) is 13.7. The number of imide groups is 1. The summed E-state index contributed by atoms with van der Waals surface area (Å²) in [4.78, 5) is 38.4. The molecule has 29 heavy (non-hydrogen) atoms. The molecule has 148 valence electrons. The van der Waals surface area contributed by atoms with E-state index in [4.69, 9.17) is 4.42 Å². The first-order valence-electron chi connectivity index (χ1n) is 8.82. The number of carbonyl (C=O) groups excluding carboxylic acids is 2. The van der Waals surface area contributed by atoms with Crippen molar-refractivity contribution in [1.82, 2.24) is 10.2 Å². The van der Waals surface area contributed by atoms with E-state index in [9.17, 15) is 23.2 Å². The first-order valence-corrected chi connectivity index (χ1v) is 8.82. The third-order valence-corrected chi connectivity index (χ3v) is 5.06. The van der Waals surface area contributed by atoms with Crippen molar-refractivity contribution >= 4 is 22.9 Å².